The Hall–Kier alpha value is -0.830. The Labute approximate surface area is 115 Å². The minimum absolute atomic E-state index is 0.295. The smallest absolute Gasteiger partial charge is 0.222 e. The van der Waals surface area contributed by atoms with Gasteiger partial charge in [0, 0.05) is 19.5 Å². The molecule has 0 atom stereocenters. The number of thiophene rings is 1. The van der Waals surface area contributed by atoms with Gasteiger partial charge in [-0.2, -0.15) is 11.3 Å². The van der Waals surface area contributed by atoms with E-state index in [0.717, 1.165) is 19.5 Å². The van der Waals surface area contributed by atoms with Crippen LogP contribution in [0.1, 0.15) is 39.7 Å². The molecule has 0 aliphatic carbocycles. The van der Waals surface area contributed by atoms with E-state index in [1.807, 2.05) is 4.90 Å². The van der Waals surface area contributed by atoms with Gasteiger partial charge in [0.05, 0.1) is 0 Å². The molecule has 1 heterocycles. The van der Waals surface area contributed by atoms with Gasteiger partial charge in [-0.25, -0.2) is 0 Å². The number of aryl methyl sites for hydroxylation is 1. The van der Waals surface area contributed by atoms with E-state index < -0.39 is 0 Å². The summed E-state index contributed by atoms with van der Waals surface area (Å²) in [5.41, 5.74) is 1.28. The fourth-order valence-electron chi connectivity index (χ4n) is 2.00. The maximum Gasteiger partial charge on any atom is 0.222 e. The number of rotatable bonds is 7. The number of carbonyl (C=O) groups excluding carboxylic acids is 1. The fraction of sp³-hybridized carbons (Fsp3) is 0.667. The van der Waals surface area contributed by atoms with Gasteiger partial charge in [-0.3, -0.25) is 4.79 Å². The molecule has 0 bridgehead atoms. The Morgan fingerprint density at radius 2 is 1.83 bits per heavy atom. The lowest BCUT2D eigenvalue weighted by Crippen LogP contribution is -2.37. The van der Waals surface area contributed by atoms with Gasteiger partial charge in [0.1, 0.15) is 0 Å². The van der Waals surface area contributed by atoms with E-state index in [-0.39, 0.29) is 0 Å². The van der Waals surface area contributed by atoms with E-state index in [1.165, 1.54) is 5.56 Å². The number of hydrogen-bond donors (Lipinski definition) is 0. The van der Waals surface area contributed by atoms with Gasteiger partial charge in [-0.1, -0.05) is 27.7 Å². The molecule has 2 nitrogen and oxygen atoms in total. The summed E-state index contributed by atoms with van der Waals surface area (Å²) in [6, 6.07) is 2.10. The molecule has 0 spiro atoms. The molecule has 1 aromatic rings. The van der Waals surface area contributed by atoms with Gasteiger partial charge in [0.25, 0.3) is 0 Å². The highest BCUT2D eigenvalue weighted by Crippen LogP contribution is 2.11. The lowest BCUT2D eigenvalue weighted by molar-refractivity contribution is -0.132. The lowest BCUT2D eigenvalue weighted by atomic mass is 10.1. The second-order valence-electron chi connectivity index (χ2n) is 5.72. The average molecular weight is 267 g/mol. The topological polar surface area (TPSA) is 20.3 Å². The summed E-state index contributed by atoms with van der Waals surface area (Å²) < 4.78 is 0. The third kappa shape index (κ3) is 5.67. The minimum Gasteiger partial charge on any atom is -0.342 e. The molecule has 3 heteroatoms. The summed E-state index contributed by atoms with van der Waals surface area (Å²) >= 11 is 1.70. The number of carbonyl (C=O) groups is 1. The van der Waals surface area contributed by atoms with Gasteiger partial charge < -0.3 is 4.90 Å². The molecule has 0 radical (unpaired) electrons. The van der Waals surface area contributed by atoms with Gasteiger partial charge >= 0.3 is 0 Å². The Balaban J connectivity index is 2.47. The van der Waals surface area contributed by atoms with Crippen LogP contribution in [-0.2, 0) is 11.2 Å². The third-order valence-corrected chi connectivity index (χ3v) is 3.46. The molecule has 0 unspecified atom stereocenters. The van der Waals surface area contributed by atoms with Crippen molar-refractivity contribution in [3.05, 3.63) is 22.4 Å². The zero-order chi connectivity index (χ0) is 13.5. The first-order valence-corrected chi connectivity index (χ1v) is 7.72. The molecule has 0 aromatic carbocycles. The van der Waals surface area contributed by atoms with E-state index in [0.29, 0.717) is 24.2 Å². The lowest BCUT2D eigenvalue weighted by Gasteiger charge is -2.26. The van der Waals surface area contributed by atoms with Crippen LogP contribution in [0.2, 0.25) is 0 Å². The molecule has 0 aliphatic heterocycles. The predicted molar refractivity (Wildman–Crippen MR) is 78.9 cm³/mol. The van der Waals surface area contributed by atoms with Crippen molar-refractivity contribution in [1.29, 1.82) is 0 Å². The first-order valence-electron chi connectivity index (χ1n) is 6.78. The van der Waals surface area contributed by atoms with Crippen LogP contribution in [0, 0.1) is 11.8 Å². The van der Waals surface area contributed by atoms with Crippen LogP contribution < -0.4 is 0 Å². The van der Waals surface area contributed by atoms with Crippen LogP contribution in [-0.4, -0.2) is 23.9 Å². The number of hydrogen-bond acceptors (Lipinski definition) is 2. The van der Waals surface area contributed by atoms with Crippen LogP contribution in [0.25, 0.3) is 0 Å². The number of amides is 1. The van der Waals surface area contributed by atoms with Crippen molar-refractivity contribution in [2.24, 2.45) is 11.8 Å². The van der Waals surface area contributed by atoms with Crippen molar-refractivity contribution in [3.63, 3.8) is 0 Å². The van der Waals surface area contributed by atoms with E-state index in [1.54, 1.807) is 11.3 Å². The normalized spacial score (nSPS) is 11.2. The zero-order valence-corrected chi connectivity index (χ0v) is 12.8. The molecule has 0 fully saturated rings. The Bertz CT molecular complexity index is 333. The zero-order valence-electron chi connectivity index (χ0n) is 12.0. The standard InChI is InChI=1S/C15H25NOS/c1-12(2)9-16(10-13(3)4)15(17)6-5-14-7-8-18-11-14/h7-8,11-13H,5-6,9-10H2,1-4H3. The SMILES string of the molecule is CC(C)CN(CC(C)C)C(=O)CCc1ccsc1. The summed E-state index contributed by atoms with van der Waals surface area (Å²) in [5, 5.41) is 4.20. The van der Waals surface area contributed by atoms with Crippen molar-refractivity contribution >= 4 is 17.2 Å². The van der Waals surface area contributed by atoms with Crippen molar-refractivity contribution in [1.82, 2.24) is 4.90 Å². The van der Waals surface area contributed by atoms with Crippen LogP contribution in [0.15, 0.2) is 16.8 Å². The minimum atomic E-state index is 0.295. The van der Waals surface area contributed by atoms with Crippen molar-refractivity contribution < 1.29 is 4.79 Å². The molecule has 0 aliphatic rings. The Kier molecular flexibility index (Phi) is 6.41. The van der Waals surface area contributed by atoms with Gasteiger partial charge in [-0.15, -0.1) is 0 Å². The highest BCUT2D eigenvalue weighted by atomic mass is 32.1. The molecule has 1 rings (SSSR count). The molecule has 0 N–H and O–H groups in total. The first-order chi connectivity index (χ1) is 8.49. The molecule has 0 saturated carbocycles. The monoisotopic (exact) mass is 267 g/mol. The quantitative estimate of drug-likeness (QED) is 0.735. The highest BCUT2D eigenvalue weighted by Gasteiger charge is 2.15. The summed E-state index contributed by atoms with van der Waals surface area (Å²) in [4.78, 5) is 14.3. The molecular formula is C15H25NOS. The summed E-state index contributed by atoms with van der Waals surface area (Å²) in [5.74, 6) is 1.37. The molecule has 102 valence electrons. The molecule has 18 heavy (non-hydrogen) atoms. The maximum atomic E-state index is 12.2. The highest BCUT2D eigenvalue weighted by molar-refractivity contribution is 7.07. The second kappa shape index (κ2) is 7.57. The van der Waals surface area contributed by atoms with Gasteiger partial charge in [-0.05, 0) is 40.6 Å². The Morgan fingerprint density at radius 1 is 1.22 bits per heavy atom. The van der Waals surface area contributed by atoms with Crippen LogP contribution in [0.3, 0.4) is 0 Å². The van der Waals surface area contributed by atoms with Gasteiger partial charge in [0.2, 0.25) is 5.91 Å². The Morgan fingerprint density at radius 3 is 2.28 bits per heavy atom. The van der Waals surface area contributed by atoms with E-state index in [2.05, 4.69) is 44.5 Å². The van der Waals surface area contributed by atoms with E-state index in [9.17, 15) is 4.79 Å². The van der Waals surface area contributed by atoms with Crippen LogP contribution in [0.4, 0.5) is 0 Å². The predicted octanol–water partition coefficient (Wildman–Crippen LogP) is 3.82. The van der Waals surface area contributed by atoms with Crippen molar-refractivity contribution in [2.75, 3.05) is 13.1 Å². The van der Waals surface area contributed by atoms with Crippen LogP contribution in [0.5, 0.6) is 0 Å². The first kappa shape index (κ1) is 15.2. The average Bonchev–Trinajstić information content (AvgIpc) is 2.76. The molecule has 1 aromatic heterocycles. The molecular weight excluding hydrogens is 242 g/mol. The van der Waals surface area contributed by atoms with E-state index >= 15 is 0 Å². The van der Waals surface area contributed by atoms with Crippen LogP contribution >= 0.6 is 11.3 Å². The van der Waals surface area contributed by atoms with Crippen molar-refractivity contribution in [3.8, 4) is 0 Å². The van der Waals surface area contributed by atoms with Crippen molar-refractivity contribution in [2.45, 2.75) is 40.5 Å². The third-order valence-electron chi connectivity index (χ3n) is 2.73. The number of nitrogens with zero attached hydrogens (tertiary/aromatic N) is 1. The van der Waals surface area contributed by atoms with Gasteiger partial charge in [0.15, 0.2) is 0 Å². The molecule has 0 saturated heterocycles. The summed E-state index contributed by atoms with van der Waals surface area (Å²) in [6.45, 7) is 10.4. The fourth-order valence-corrected chi connectivity index (χ4v) is 2.71. The maximum absolute atomic E-state index is 12.2. The summed E-state index contributed by atoms with van der Waals surface area (Å²) in [7, 11) is 0. The largest absolute Gasteiger partial charge is 0.342 e. The van der Waals surface area contributed by atoms with E-state index in [4.69, 9.17) is 0 Å². The molecule has 1 amide bonds. The second-order valence-corrected chi connectivity index (χ2v) is 6.50. The summed E-state index contributed by atoms with van der Waals surface area (Å²) in [6.07, 6.45) is 1.51.